The van der Waals surface area contributed by atoms with Crippen molar-refractivity contribution in [2.24, 2.45) is 0 Å². The van der Waals surface area contributed by atoms with Crippen LogP contribution in [0.2, 0.25) is 0 Å². The van der Waals surface area contributed by atoms with Gasteiger partial charge >= 0.3 is 0 Å². The van der Waals surface area contributed by atoms with Crippen LogP contribution in [0.15, 0.2) is 60.9 Å². The molecule has 0 aliphatic carbocycles. The van der Waals surface area contributed by atoms with Gasteiger partial charge in [-0.15, -0.1) is 0 Å². The van der Waals surface area contributed by atoms with Gasteiger partial charge in [0.2, 0.25) is 0 Å². The molecule has 29 heavy (non-hydrogen) atoms. The molecule has 6 heteroatoms. The van der Waals surface area contributed by atoms with Crippen LogP contribution in [0, 0.1) is 13.8 Å². The molecule has 1 fully saturated rings. The molecule has 1 aliphatic rings. The molecule has 1 aromatic heterocycles. The van der Waals surface area contributed by atoms with Crippen LogP contribution in [0.1, 0.15) is 21.6 Å². The van der Waals surface area contributed by atoms with Crippen molar-refractivity contribution in [1.29, 1.82) is 0 Å². The molecule has 0 atom stereocenters. The van der Waals surface area contributed by atoms with E-state index in [0.29, 0.717) is 24.6 Å². The highest BCUT2D eigenvalue weighted by Crippen LogP contribution is 2.20. The van der Waals surface area contributed by atoms with Gasteiger partial charge in [-0.2, -0.15) is 0 Å². The molecule has 0 saturated carbocycles. The maximum absolute atomic E-state index is 12.9. The third-order valence-electron chi connectivity index (χ3n) is 5.35. The number of piperazine rings is 1. The smallest absolute Gasteiger partial charge is 0.272 e. The molecule has 1 saturated heterocycles. The van der Waals surface area contributed by atoms with Gasteiger partial charge in [-0.3, -0.25) is 4.79 Å². The fraction of sp³-hybridized carbons (Fsp3) is 0.261. The van der Waals surface area contributed by atoms with Crippen LogP contribution in [0.4, 0.5) is 17.2 Å². The van der Waals surface area contributed by atoms with Crippen LogP contribution in [-0.2, 0) is 0 Å². The van der Waals surface area contributed by atoms with Gasteiger partial charge in [-0.25, -0.2) is 9.97 Å². The fourth-order valence-corrected chi connectivity index (χ4v) is 3.48. The number of benzene rings is 2. The number of carbonyl (C=O) groups is 1. The minimum Gasteiger partial charge on any atom is -0.368 e. The van der Waals surface area contributed by atoms with Crippen molar-refractivity contribution in [2.75, 3.05) is 36.4 Å². The quantitative estimate of drug-likeness (QED) is 0.738. The molecule has 1 amide bonds. The molecule has 3 aromatic rings. The predicted octanol–water partition coefficient (Wildman–Crippen LogP) is 3.80. The topological polar surface area (TPSA) is 61.4 Å². The number of carbonyl (C=O) groups excluding carboxylic acids is 1. The Balaban J connectivity index is 1.41. The molecule has 2 aromatic carbocycles. The zero-order valence-electron chi connectivity index (χ0n) is 16.8. The highest BCUT2D eigenvalue weighted by Gasteiger charge is 2.23. The lowest BCUT2D eigenvalue weighted by Crippen LogP contribution is -2.49. The summed E-state index contributed by atoms with van der Waals surface area (Å²) < 4.78 is 0. The number of nitrogens with one attached hydrogen (secondary N) is 1. The van der Waals surface area contributed by atoms with Crippen molar-refractivity contribution in [3.63, 3.8) is 0 Å². The molecule has 2 heterocycles. The fourth-order valence-electron chi connectivity index (χ4n) is 3.48. The van der Waals surface area contributed by atoms with E-state index >= 15 is 0 Å². The second-order valence-electron chi connectivity index (χ2n) is 7.33. The summed E-state index contributed by atoms with van der Waals surface area (Å²) in [7, 11) is 0. The van der Waals surface area contributed by atoms with Crippen molar-refractivity contribution in [2.45, 2.75) is 13.8 Å². The number of hydrogen-bond acceptors (Lipinski definition) is 5. The van der Waals surface area contributed by atoms with Crippen LogP contribution >= 0.6 is 0 Å². The largest absolute Gasteiger partial charge is 0.368 e. The molecule has 0 unspecified atom stereocenters. The Morgan fingerprint density at radius 3 is 2.38 bits per heavy atom. The first-order chi connectivity index (χ1) is 14.1. The second-order valence-corrected chi connectivity index (χ2v) is 7.33. The molecule has 0 radical (unpaired) electrons. The van der Waals surface area contributed by atoms with E-state index in [9.17, 15) is 4.79 Å². The number of rotatable bonds is 4. The monoisotopic (exact) mass is 387 g/mol. The number of nitrogens with zero attached hydrogens (tertiary/aromatic N) is 4. The Morgan fingerprint density at radius 1 is 0.897 bits per heavy atom. The number of amides is 1. The highest BCUT2D eigenvalue weighted by molar-refractivity contribution is 5.93. The molecule has 0 spiro atoms. The maximum atomic E-state index is 12.9. The molecular weight excluding hydrogens is 362 g/mol. The summed E-state index contributed by atoms with van der Waals surface area (Å²) >= 11 is 0. The van der Waals surface area contributed by atoms with Crippen molar-refractivity contribution in [3.05, 3.63) is 77.7 Å². The summed E-state index contributed by atoms with van der Waals surface area (Å²) in [4.78, 5) is 25.6. The Labute approximate surface area is 171 Å². The van der Waals surface area contributed by atoms with E-state index < -0.39 is 0 Å². The van der Waals surface area contributed by atoms with E-state index in [1.165, 1.54) is 23.1 Å². The first kappa shape index (κ1) is 18.9. The van der Waals surface area contributed by atoms with E-state index in [4.69, 9.17) is 0 Å². The molecule has 0 bridgehead atoms. The first-order valence-corrected chi connectivity index (χ1v) is 9.86. The lowest BCUT2D eigenvalue weighted by molar-refractivity contribution is 0.0740. The number of aryl methyl sites for hydroxylation is 2. The lowest BCUT2D eigenvalue weighted by Gasteiger charge is -2.36. The first-order valence-electron chi connectivity index (χ1n) is 9.86. The summed E-state index contributed by atoms with van der Waals surface area (Å²) in [5, 5.41) is 3.27. The third kappa shape index (κ3) is 4.37. The summed E-state index contributed by atoms with van der Waals surface area (Å²) in [6.07, 6.45) is 1.44. The van der Waals surface area contributed by atoms with Gasteiger partial charge in [0.15, 0.2) is 0 Å². The minimum atomic E-state index is -0.0525. The Morgan fingerprint density at radius 2 is 1.66 bits per heavy atom. The number of aromatic nitrogens is 2. The maximum Gasteiger partial charge on any atom is 0.272 e. The zero-order valence-corrected chi connectivity index (χ0v) is 16.8. The number of hydrogen-bond donors (Lipinski definition) is 1. The van der Waals surface area contributed by atoms with Crippen molar-refractivity contribution in [1.82, 2.24) is 14.9 Å². The minimum absolute atomic E-state index is 0.0525. The standard InChI is InChI=1S/C23H25N5O/c1-17-8-9-19(14-18(17)2)26-22-15-21(24-16-25-22)23(29)28-12-10-27(11-13-28)20-6-4-3-5-7-20/h3-9,14-16H,10-13H2,1-2H3,(H,24,25,26). The SMILES string of the molecule is Cc1ccc(Nc2cc(C(=O)N3CCN(c4ccccc4)CC3)ncn2)cc1C. The summed E-state index contributed by atoms with van der Waals surface area (Å²) in [5.74, 6) is 0.567. The van der Waals surface area contributed by atoms with E-state index in [1.807, 2.05) is 29.2 Å². The van der Waals surface area contributed by atoms with Gasteiger partial charge in [-0.1, -0.05) is 24.3 Å². The number of anilines is 3. The summed E-state index contributed by atoms with van der Waals surface area (Å²) in [6, 6.07) is 18.2. The van der Waals surface area contributed by atoms with Gasteiger partial charge < -0.3 is 15.1 Å². The second kappa shape index (κ2) is 8.31. The van der Waals surface area contributed by atoms with Gasteiger partial charge in [0, 0.05) is 43.6 Å². The molecule has 1 N–H and O–H groups in total. The lowest BCUT2D eigenvalue weighted by atomic mass is 10.1. The third-order valence-corrected chi connectivity index (χ3v) is 5.35. The van der Waals surface area contributed by atoms with Gasteiger partial charge in [0.05, 0.1) is 0 Å². The van der Waals surface area contributed by atoms with Gasteiger partial charge in [0.25, 0.3) is 5.91 Å². The van der Waals surface area contributed by atoms with Crippen LogP contribution in [-0.4, -0.2) is 47.0 Å². The van der Waals surface area contributed by atoms with Crippen LogP contribution < -0.4 is 10.2 Å². The molecule has 6 nitrogen and oxygen atoms in total. The zero-order chi connectivity index (χ0) is 20.2. The normalized spacial score (nSPS) is 14.0. The summed E-state index contributed by atoms with van der Waals surface area (Å²) in [6.45, 7) is 7.14. The van der Waals surface area contributed by atoms with E-state index in [2.05, 4.69) is 58.3 Å². The summed E-state index contributed by atoms with van der Waals surface area (Å²) in [5.41, 5.74) is 5.00. The average molecular weight is 387 g/mol. The van der Waals surface area contributed by atoms with Crippen LogP contribution in [0.3, 0.4) is 0 Å². The molecular formula is C23H25N5O. The Bertz CT molecular complexity index is 997. The average Bonchev–Trinajstić information content (AvgIpc) is 2.77. The number of para-hydroxylation sites is 1. The van der Waals surface area contributed by atoms with E-state index in [1.54, 1.807) is 6.07 Å². The van der Waals surface area contributed by atoms with Crippen LogP contribution in [0.5, 0.6) is 0 Å². The van der Waals surface area contributed by atoms with Crippen molar-refractivity contribution in [3.8, 4) is 0 Å². The Kier molecular flexibility index (Phi) is 5.42. The van der Waals surface area contributed by atoms with Crippen molar-refractivity contribution >= 4 is 23.1 Å². The van der Waals surface area contributed by atoms with Gasteiger partial charge in [0.1, 0.15) is 17.8 Å². The Hall–Kier alpha value is -3.41. The molecule has 4 rings (SSSR count). The van der Waals surface area contributed by atoms with Crippen LogP contribution in [0.25, 0.3) is 0 Å². The predicted molar refractivity (Wildman–Crippen MR) is 116 cm³/mol. The highest BCUT2D eigenvalue weighted by atomic mass is 16.2. The van der Waals surface area contributed by atoms with Gasteiger partial charge in [-0.05, 0) is 49.2 Å². The van der Waals surface area contributed by atoms with E-state index in [-0.39, 0.29) is 5.91 Å². The molecule has 1 aliphatic heterocycles. The van der Waals surface area contributed by atoms with Crippen molar-refractivity contribution < 1.29 is 4.79 Å². The molecule has 148 valence electrons. The van der Waals surface area contributed by atoms with E-state index in [0.717, 1.165) is 18.8 Å².